The zero-order valence-corrected chi connectivity index (χ0v) is 18.1. The second kappa shape index (κ2) is 9.09. The van der Waals surface area contributed by atoms with Gasteiger partial charge in [-0.25, -0.2) is 13.6 Å². The summed E-state index contributed by atoms with van der Waals surface area (Å²) >= 11 is 0. The number of piperidine rings is 1. The molecule has 1 aromatic carbocycles. The Kier molecular flexibility index (Phi) is 6.22. The van der Waals surface area contributed by atoms with Crippen molar-refractivity contribution in [2.45, 2.75) is 31.8 Å². The Hall–Kier alpha value is -3.62. The average molecular weight is 454 g/mol. The van der Waals surface area contributed by atoms with Crippen LogP contribution < -0.4 is 5.32 Å². The highest BCUT2D eigenvalue weighted by Crippen LogP contribution is 2.34. The topological polar surface area (TPSA) is 82.6 Å². The first kappa shape index (κ1) is 22.6. The molecule has 4 amide bonds. The zero-order valence-electron chi connectivity index (χ0n) is 18.1. The highest BCUT2D eigenvalue weighted by molar-refractivity contribution is 6.07. The van der Waals surface area contributed by atoms with Crippen LogP contribution in [-0.4, -0.2) is 51.3 Å². The molecule has 2 aliphatic rings. The Balaban J connectivity index is 1.37. The second-order valence-electron chi connectivity index (χ2n) is 8.51. The van der Waals surface area contributed by atoms with Crippen molar-refractivity contribution in [3.8, 4) is 0 Å². The molecule has 0 aliphatic carbocycles. The number of rotatable bonds is 5. The van der Waals surface area contributed by atoms with E-state index < -0.39 is 23.2 Å². The molecule has 1 N–H and O–H groups in total. The lowest BCUT2D eigenvalue weighted by Gasteiger charge is -2.38. The van der Waals surface area contributed by atoms with Crippen molar-refractivity contribution in [1.82, 2.24) is 20.1 Å². The fourth-order valence-corrected chi connectivity index (χ4v) is 4.43. The van der Waals surface area contributed by atoms with Crippen LogP contribution >= 0.6 is 0 Å². The molecule has 33 heavy (non-hydrogen) atoms. The lowest BCUT2D eigenvalue weighted by molar-refractivity contribution is -0.134. The lowest BCUT2D eigenvalue weighted by Crippen LogP contribution is -2.54. The number of aromatic nitrogens is 1. The molecule has 1 unspecified atom stereocenters. The van der Waals surface area contributed by atoms with E-state index in [1.54, 1.807) is 36.4 Å². The van der Waals surface area contributed by atoms with Gasteiger partial charge in [-0.2, -0.15) is 0 Å². The first-order valence-electron chi connectivity index (χ1n) is 10.7. The van der Waals surface area contributed by atoms with Gasteiger partial charge in [-0.1, -0.05) is 0 Å². The number of benzene rings is 1. The van der Waals surface area contributed by atoms with E-state index in [-0.39, 0.29) is 29.8 Å². The van der Waals surface area contributed by atoms with Crippen molar-refractivity contribution in [3.63, 3.8) is 0 Å². The van der Waals surface area contributed by atoms with E-state index in [2.05, 4.69) is 10.3 Å². The summed E-state index contributed by atoms with van der Waals surface area (Å²) in [5.41, 5.74) is 0.0358. The fraction of sp³-hybridized carbons (Fsp3) is 0.333. The van der Waals surface area contributed by atoms with Crippen LogP contribution in [0.5, 0.6) is 0 Å². The van der Waals surface area contributed by atoms with Crippen molar-refractivity contribution >= 4 is 23.9 Å². The van der Waals surface area contributed by atoms with Crippen LogP contribution in [-0.2, 0) is 16.1 Å². The van der Waals surface area contributed by atoms with Gasteiger partial charge in [0.05, 0.1) is 6.54 Å². The molecule has 0 radical (unpaired) electrons. The quantitative estimate of drug-likeness (QED) is 0.556. The van der Waals surface area contributed by atoms with Crippen molar-refractivity contribution in [2.75, 3.05) is 13.1 Å². The Labute approximate surface area is 190 Å². The molecule has 0 saturated carbocycles. The van der Waals surface area contributed by atoms with Crippen LogP contribution in [0.2, 0.25) is 0 Å². The number of carbonyl (C=O) groups is 3. The predicted molar refractivity (Wildman–Crippen MR) is 116 cm³/mol. The molecule has 1 atom stereocenters. The summed E-state index contributed by atoms with van der Waals surface area (Å²) in [4.78, 5) is 45.0. The monoisotopic (exact) mass is 454 g/mol. The maximum absolute atomic E-state index is 13.3. The third-order valence-corrected chi connectivity index (χ3v) is 6.32. The summed E-state index contributed by atoms with van der Waals surface area (Å²) in [5.74, 6) is -2.09. The van der Waals surface area contributed by atoms with Gasteiger partial charge in [0.2, 0.25) is 5.91 Å². The first-order chi connectivity index (χ1) is 15.8. The molecule has 4 rings (SSSR count). The molecule has 9 heteroatoms. The SMILES string of the molecule is CC1(C2CCN(C(=O)C=Cc3cc(F)cc(F)c3)CC2)NC(=O)N(Cc2ccncc2)C1=O. The van der Waals surface area contributed by atoms with Crippen molar-refractivity contribution in [1.29, 1.82) is 0 Å². The van der Waals surface area contributed by atoms with Crippen molar-refractivity contribution in [3.05, 3.63) is 71.6 Å². The minimum Gasteiger partial charge on any atom is -0.339 e. The van der Waals surface area contributed by atoms with Crippen molar-refractivity contribution in [2.24, 2.45) is 5.92 Å². The highest BCUT2D eigenvalue weighted by atomic mass is 19.1. The van der Waals surface area contributed by atoms with Gasteiger partial charge in [0.25, 0.3) is 5.91 Å². The van der Waals surface area contributed by atoms with Gasteiger partial charge in [-0.05, 0) is 67.2 Å². The highest BCUT2D eigenvalue weighted by Gasteiger charge is 2.52. The van der Waals surface area contributed by atoms with E-state index in [1.165, 1.54) is 17.1 Å². The lowest BCUT2D eigenvalue weighted by atomic mass is 9.79. The molecular formula is C24H24F2N4O3. The molecule has 7 nitrogen and oxygen atoms in total. The number of nitrogens with one attached hydrogen (secondary N) is 1. The number of likely N-dealkylation sites (tertiary alicyclic amines) is 1. The van der Waals surface area contributed by atoms with Gasteiger partial charge >= 0.3 is 6.03 Å². The molecule has 172 valence electrons. The first-order valence-corrected chi connectivity index (χ1v) is 10.7. The third-order valence-electron chi connectivity index (χ3n) is 6.32. The van der Waals surface area contributed by atoms with E-state index >= 15 is 0 Å². The number of carbonyl (C=O) groups excluding carboxylic acids is 3. The number of pyridine rings is 1. The standard InChI is InChI=1S/C24H24F2N4O3/c1-24(22(32)30(23(33)28-24)15-16-4-8-27-9-5-16)18-6-10-29(11-7-18)21(31)3-2-17-12-19(25)14-20(26)13-17/h2-5,8-9,12-14,18H,6-7,10-11,15H2,1H3,(H,28,33). The van der Waals surface area contributed by atoms with Crippen LogP contribution in [0.4, 0.5) is 13.6 Å². The summed E-state index contributed by atoms with van der Waals surface area (Å²) in [7, 11) is 0. The van der Waals surface area contributed by atoms with E-state index in [1.807, 2.05) is 0 Å². The molecule has 2 aromatic rings. The van der Waals surface area contributed by atoms with Gasteiger partial charge in [0.1, 0.15) is 17.2 Å². The molecule has 2 aliphatic heterocycles. The summed E-state index contributed by atoms with van der Waals surface area (Å²) < 4.78 is 26.6. The second-order valence-corrected chi connectivity index (χ2v) is 8.51. The van der Waals surface area contributed by atoms with Crippen LogP contribution in [0.1, 0.15) is 30.9 Å². The summed E-state index contributed by atoms with van der Waals surface area (Å²) in [6.07, 6.45) is 6.96. The Morgan fingerprint density at radius 1 is 1.15 bits per heavy atom. The molecular weight excluding hydrogens is 430 g/mol. The molecule has 1 aromatic heterocycles. The largest absolute Gasteiger partial charge is 0.339 e. The van der Waals surface area contributed by atoms with E-state index in [9.17, 15) is 23.2 Å². The molecule has 2 saturated heterocycles. The van der Waals surface area contributed by atoms with Crippen LogP contribution in [0.3, 0.4) is 0 Å². The maximum atomic E-state index is 13.3. The van der Waals surface area contributed by atoms with Crippen molar-refractivity contribution < 1.29 is 23.2 Å². The van der Waals surface area contributed by atoms with Gasteiger partial charge in [0, 0.05) is 37.6 Å². The van der Waals surface area contributed by atoms with Gasteiger partial charge < -0.3 is 10.2 Å². The fourth-order valence-electron chi connectivity index (χ4n) is 4.43. The molecule has 3 heterocycles. The van der Waals surface area contributed by atoms with Crippen LogP contribution in [0.15, 0.2) is 48.8 Å². The van der Waals surface area contributed by atoms with Crippen LogP contribution in [0, 0.1) is 17.6 Å². The molecule has 0 bridgehead atoms. The Morgan fingerprint density at radius 2 is 1.79 bits per heavy atom. The molecule has 0 spiro atoms. The normalized spacial score (nSPS) is 21.7. The number of imide groups is 1. The summed E-state index contributed by atoms with van der Waals surface area (Å²) in [6, 6.07) is 6.14. The smallest absolute Gasteiger partial charge is 0.325 e. The maximum Gasteiger partial charge on any atom is 0.325 e. The molecule has 2 fully saturated rings. The Morgan fingerprint density at radius 3 is 2.42 bits per heavy atom. The van der Waals surface area contributed by atoms with E-state index in [4.69, 9.17) is 0 Å². The van der Waals surface area contributed by atoms with Gasteiger partial charge in [-0.15, -0.1) is 0 Å². The van der Waals surface area contributed by atoms with Crippen LogP contribution in [0.25, 0.3) is 6.08 Å². The number of hydrogen-bond acceptors (Lipinski definition) is 4. The number of nitrogens with zero attached hydrogens (tertiary/aromatic N) is 3. The van der Waals surface area contributed by atoms with E-state index in [0.29, 0.717) is 25.9 Å². The van der Waals surface area contributed by atoms with Gasteiger partial charge in [0.15, 0.2) is 0 Å². The average Bonchev–Trinajstić information content (AvgIpc) is 3.01. The summed E-state index contributed by atoms with van der Waals surface area (Å²) in [6.45, 7) is 2.73. The Bertz CT molecular complexity index is 1080. The minimum absolute atomic E-state index is 0.123. The predicted octanol–water partition coefficient (Wildman–Crippen LogP) is 3.12. The number of hydrogen-bond donors (Lipinski definition) is 1. The zero-order chi connectivity index (χ0) is 23.6. The number of amides is 4. The number of urea groups is 1. The third kappa shape index (κ3) is 4.76. The minimum atomic E-state index is -1.03. The van der Waals surface area contributed by atoms with Gasteiger partial charge in [-0.3, -0.25) is 19.5 Å². The number of halogens is 2. The summed E-state index contributed by atoms with van der Waals surface area (Å²) in [5, 5.41) is 2.85. The van der Waals surface area contributed by atoms with E-state index in [0.717, 1.165) is 23.8 Å².